The Morgan fingerprint density at radius 1 is 1.06 bits per heavy atom. The number of hydrogen-bond acceptors (Lipinski definition) is 2. The number of para-hydroxylation sites is 1. The van der Waals surface area contributed by atoms with Crippen molar-refractivity contribution in [1.82, 2.24) is 9.78 Å². The molecule has 0 aliphatic heterocycles. The summed E-state index contributed by atoms with van der Waals surface area (Å²) >= 11 is 0. The van der Waals surface area contributed by atoms with Crippen molar-refractivity contribution in [2.75, 3.05) is 0 Å². The maximum Gasteiger partial charge on any atom is 0.0645 e. The first-order valence-corrected chi connectivity index (χ1v) is 6.67. The Bertz CT molecular complexity index is 510. The van der Waals surface area contributed by atoms with Gasteiger partial charge in [0.15, 0.2) is 0 Å². The van der Waals surface area contributed by atoms with Gasteiger partial charge in [-0.3, -0.25) is 0 Å². The molecule has 1 aromatic heterocycles. The number of nitrogens with two attached hydrogens (primary N) is 1. The van der Waals surface area contributed by atoms with Gasteiger partial charge in [0, 0.05) is 17.3 Å². The largest absolute Gasteiger partial charge is 0.321 e. The average molecular weight is 241 g/mol. The lowest BCUT2D eigenvalue weighted by atomic mass is 9.79. The highest BCUT2D eigenvalue weighted by Crippen LogP contribution is 2.34. The normalized spacial score (nSPS) is 18.7. The van der Waals surface area contributed by atoms with E-state index >= 15 is 0 Å². The Morgan fingerprint density at radius 2 is 1.78 bits per heavy atom. The van der Waals surface area contributed by atoms with Crippen molar-refractivity contribution in [3.63, 3.8) is 0 Å². The molecule has 18 heavy (non-hydrogen) atoms. The van der Waals surface area contributed by atoms with Crippen LogP contribution in [0.25, 0.3) is 5.69 Å². The molecule has 1 aliphatic carbocycles. The van der Waals surface area contributed by atoms with Crippen molar-refractivity contribution in [2.24, 2.45) is 5.73 Å². The average Bonchev–Trinajstić information content (AvgIpc) is 2.91. The van der Waals surface area contributed by atoms with Gasteiger partial charge in [-0.25, -0.2) is 4.68 Å². The Morgan fingerprint density at radius 3 is 2.50 bits per heavy atom. The molecule has 0 unspecified atom stereocenters. The van der Waals surface area contributed by atoms with Gasteiger partial charge in [-0.2, -0.15) is 5.10 Å². The Balaban J connectivity index is 1.89. The molecule has 1 aliphatic rings. The molecule has 1 fully saturated rings. The number of nitrogens with zero attached hydrogens (tertiary/aromatic N) is 2. The quantitative estimate of drug-likeness (QED) is 0.878. The number of aromatic nitrogens is 2. The summed E-state index contributed by atoms with van der Waals surface area (Å²) in [5, 5.41) is 4.44. The summed E-state index contributed by atoms with van der Waals surface area (Å²) in [5.41, 5.74) is 8.62. The maximum absolute atomic E-state index is 6.52. The molecule has 2 aromatic rings. The van der Waals surface area contributed by atoms with E-state index in [9.17, 15) is 0 Å². The fraction of sp³-hybridized carbons (Fsp3) is 0.400. The maximum atomic E-state index is 6.52. The highest BCUT2D eigenvalue weighted by molar-refractivity contribution is 5.32. The van der Waals surface area contributed by atoms with E-state index in [1.54, 1.807) is 0 Å². The molecule has 0 saturated heterocycles. The molecule has 94 valence electrons. The molecule has 0 atom stereocenters. The highest BCUT2D eigenvalue weighted by Gasteiger charge is 2.30. The lowest BCUT2D eigenvalue weighted by molar-refractivity contribution is 0.302. The Kier molecular flexibility index (Phi) is 2.92. The monoisotopic (exact) mass is 241 g/mol. The van der Waals surface area contributed by atoms with E-state index in [4.69, 9.17) is 5.73 Å². The first-order chi connectivity index (χ1) is 8.78. The van der Waals surface area contributed by atoms with Crippen LogP contribution in [0.3, 0.4) is 0 Å². The minimum atomic E-state index is -0.161. The lowest BCUT2D eigenvalue weighted by Gasteiger charge is -2.32. The van der Waals surface area contributed by atoms with Gasteiger partial charge in [-0.1, -0.05) is 37.5 Å². The molecule has 2 N–H and O–H groups in total. The zero-order valence-corrected chi connectivity index (χ0v) is 10.5. The second-order valence-electron chi connectivity index (χ2n) is 5.23. The van der Waals surface area contributed by atoms with Crippen molar-refractivity contribution in [2.45, 2.75) is 37.6 Å². The topological polar surface area (TPSA) is 43.8 Å². The van der Waals surface area contributed by atoms with Gasteiger partial charge in [-0.05, 0) is 25.0 Å². The number of benzene rings is 1. The van der Waals surface area contributed by atoms with Gasteiger partial charge in [0.2, 0.25) is 0 Å². The molecule has 0 radical (unpaired) electrons. The molecule has 1 saturated carbocycles. The smallest absolute Gasteiger partial charge is 0.0645 e. The number of rotatable bonds is 2. The standard InChI is InChI=1S/C15H19N3/c16-15(9-5-2-6-10-15)13-11-17-18(12-13)14-7-3-1-4-8-14/h1,3-4,7-8,11-12H,2,5-6,9-10,16H2. The number of hydrogen-bond donors (Lipinski definition) is 1. The summed E-state index contributed by atoms with van der Waals surface area (Å²) < 4.78 is 1.92. The van der Waals surface area contributed by atoms with Gasteiger partial charge in [0.25, 0.3) is 0 Å². The van der Waals surface area contributed by atoms with E-state index in [-0.39, 0.29) is 5.54 Å². The zero-order valence-electron chi connectivity index (χ0n) is 10.5. The van der Waals surface area contributed by atoms with Crippen LogP contribution in [0.2, 0.25) is 0 Å². The fourth-order valence-corrected chi connectivity index (χ4v) is 2.77. The predicted octanol–water partition coefficient (Wildman–Crippen LogP) is 2.99. The van der Waals surface area contributed by atoms with E-state index < -0.39 is 0 Å². The van der Waals surface area contributed by atoms with E-state index in [1.807, 2.05) is 29.1 Å². The molecule has 3 rings (SSSR count). The van der Waals surface area contributed by atoms with Gasteiger partial charge in [0.05, 0.1) is 11.9 Å². The predicted molar refractivity (Wildman–Crippen MR) is 72.5 cm³/mol. The first-order valence-electron chi connectivity index (χ1n) is 6.67. The molecule has 1 heterocycles. The van der Waals surface area contributed by atoms with Crippen molar-refractivity contribution in [3.8, 4) is 5.69 Å². The van der Waals surface area contributed by atoms with Crippen LogP contribution >= 0.6 is 0 Å². The SMILES string of the molecule is NC1(c2cnn(-c3ccccc3)c2)CCCCC1. The van der Waals surface area contributed by atoms with Crippen LogP contribution in [0.5, 0.6) is 0 Å². The minimum absolute atomic E-state index is 0.161. The second-order valence-corrected chi connectivity index (χ2v) is 5.23. The van der Waals surface area contributed by atoms with Gasteiger partial charge in [-0.15, -0.1) is 0 Å². The molecule has 3 heteroatoms. The third kappa shape index (κ3) is 2.06. The van der Waals surface area contributed by atoms with Crippen LogP contribution in [0.1, 0.15) is 37.7 Å². The van der Waals surface area contributed by atoms with Crippen molar-refractivity contribution in [1.29, 1.82) is 0 Å². The first kappa shape index (κ1) is 11.5. The lowest BCUT2D eigenvalue weighted by Crippen LogP contribution is -2.38. The van der Waals surface area contributed by atoms with Crippen LogP contribution in [-0.4, -0.2) is 9.78 Å². The van der Waals surface area contributed by atoms with E-state index in [2.05, 4.69) is 23.4 Å². The van der Waals surface area contributed by atoms with Gasteiger partial charge in [0.1, 0.15) is 0 Å². The Hall–Kier alpha value is -1.61. The molecular weight excluding hydrogens is 222 g/mol. The second kappa shape index (κ2) is 4.58. The molecule has 0 amide bonds. The van der Waals surface area contributed by atoms with Crippen LogP contribution in [0, 0.1) is 0 Å². The van der Waals surface area contributed by atoms with Crippen LogP contribution in [0.4, 0.5) is 0 Å². The third-order valence-electron chi connectivity index (χ3n) is 3.92. The fourth-order valence-electron chi connectivity index (χ4n) is 2.77. The van der Waals surface area contributed by atoms with E-state index in [0.29, 0.717) is 0 Å². The minimum Gasteiger partial charge on any atom is -0.321 e. The van der Waals surface area contributed by atoms with Crippen molar-refractivity contribution >= 4 is 0 Å². The Labute approximate surface area is 108 Å². The molecule has 0 bridgehead atoms. The van der Waals surface area contributed by atoms with Gasteiger partial charge < -0.3 is 5.73 Å². The summed E-state index contributed by atoms with van der Waals surface area (Å²) in [6.45, 7) is 0. The third-order valence-corrected chi connectivity index (χ3v) is 3.92. The summed E-state index contributed by atoms with van der Waals surface area (Å²) in [6.07, 6.45) is 9.94. The summed E-state index contributed by atoms with van der Waals surface area (Å²) in [4.78, 5) is 0. The zero-order chi connectivity index (χ0) is 12.4. The van der Waals surface area contributed by atoms with E-state index in [1.165, 1.54) is 24.8 Å². The molecular formula is C15H19N3. The van der Waals surface area contributed by atoms with Crippen molar-refractivity contribution in [3.05, 3.63) is 48.3 Å². The van der Waals surface area contributed by atoms with Crippen LogP contribution < -0.4 is 5.73 Å². The molecule has 3 nitrogen and oxygen atoms in total. The summed E-state index contributed by atoms with van der Waals surface area (Å²) in [5.74, 6) is 0. The summed E-state index contributed by atoms with van der Waals surface area (Å²) in [6, 6.07) is 10.2. The molecule has 1 aromatic carbocycles. The molecule has 0 spiro atoms. The van der Waals surface area contributed by atoms with Crippen molar-refractivity contribution < 1.29 is 0 Å². The van der Waals surface area contributed by atoms with Gasteiger partial charge >= 0.3 is 0 Å². The van der Waals surface area contributed by atoms with Crippen LogP contribution in [-0.2, 0) is 5.54 Å². The van der Waals surface area contributed by atoms with E-state index in [0.717, 1.165) is 18.5 Å². The summed E-state index contributed by atoms with van der Waals surface area (Å²) in [7, 11) is 0. The highest BCUT2D eigenvalue weighted by atomic mass is 15.3. The van der Waals surface area contributed by atoms with Crippen LogP contribution in [0.15, 0.2) is 42.7 Å².